The molecule has 0 bridgehead atoms. The number of ether oxygens (including phenoxy) is 2. The average molecular weight is 440 g/mol. The van der Waals surface area contributed by atoms with Gasteiger partial charge in [0.15, 0.2) is 0 Å². The Kier molecular flexibility index (Phi) is 7.55. The molecule has 2 aromatic carbocycles. The van der Waals surface area contributed by atoms with Crippen molar-refractivity contribution in [3.05, 3.63) is 48.7 Å². The topological polar surface area (TPSA) is 111 Å². The number of aromatic nitrogens is 2. The summed E-state index contributed by atoms with van der Waals surface area (Å²) in [5.41, 5.74) is 9.42. The molecule has 1 aromatic heterocycles. The van der Waals surface area contributed by atoms with Gasteiger partial charge in [-0.25, -0.2) is 9.97 Å². The number of methoxy groups -OCH3 is 2. The van der Waals surface area contributed by atoms with E-state index in [0.717, 1.165) is 11.3 Å². The van der Waals surface area contributed by atoms with Crippen LogP contribution in [0.3, 0.4) is 0 Å². The SMILES string of the molecule is COc1cc(NC(=O)CCSC)cc(Nc2nccc(-c3ccc(OC)c(N)c3)n2)c1. The molecule has 0 radical (unpaired) electrons. The summed E-state index contributed by atoms with van der Waals surface area (Å²) in [6.45, 7) is 0. The molecular formula is C22H25N5O3S. The molecule has 0 spiro atoms. The molecule has 0 saturated heterocycles. The number of carbonyl (C=O) groups is 1. The molecule has 0 aliphatic carbocycles. The summed E-state index contributed by atoms with van der Waals surface area (Å²) in [4.78, 5) is 21.0. The van der Waals surface area contributed by atoms with Crippen LogP contribution in [-0.2, 0) is 4.79 Å². The Morgan fingerprint density at radius 3 is 2.61 bits per heavy atom. The number of nitrogen functional groups attached to an aromatic ring is 1. The maximum atomic E-state index is 12.1. The molecule has 0 unspecified atom stereocenters. The van der Waals surface area contributed by atoms with Crippen molar-refractivity contribution < 1.29 is 14.3 Å². The Labute approximate surface area is 185 Å². The number of nitrogens with two attached hydrogens (primary N) is 1. The first kappa shape index (κ1) is 22.2. The largest absolute Gasteiger partial charge is 0.497 e. The fraction of sp³-hybridized carbons (Fsp3) is 0.227. The number of hydrogen-bond acceptors (Lipinski definition) is 8. The van der Waals surface area contributed by atoms with Crippen LogP contribution in [0.5, 0.6) is 11.5 Å². The molecular weight excluding hydrogens is 414 g/mol. The van der Waals surface area contributed by atoms with Crippen molar-refractivity contribution in [3.63, 3.8) is 0 Å². The van der Waals surface area contributed by atoms with E-state index in [9.17, 15) is 4.79 Å². The van der Waals surface area contributed by atoms with Crippen LogP contribution in [0.1, 0.15) is 6.42 Å². The highest BCUT2D eigenvalue weighted by molar-refractivity contribution is 7.98. The second kappa shape index (κ2) is 10.5. The fourth-order valence-electron chi connectivity index (χ4n) is 2.88. The molecule has 0 fully saturated rings. The van der Waals surface area contributed by atoms with Crippen molar-refractivity contribution in [2.75, 3.05) is 42.6 Å². The number of rotatable bonds is 9. The molecule has 9 heteroatoms. The summed E-state index contributed by atoms with van der Waals surface area (Å²) in [5, 5.41) is 6.06. The van der Waals surface area contributed by atoms with Crippen LogP contribution in [0.2, 0.25) is 0 Å². The van der Waals surface area contributed by atoms with Crippen LogP contribution < -0.4 is 25.8 Å². The predicted molar refractivity (Wildman–Crippen MR) is 126 cm³/mol. The predicted octanol–water partition coefficient (Wildman–Crippen LogP) is 4.18. The van der Waals surface area contributed by atoms with Crippen LogP contribution in [0.25, 0.3) is 11.3 Å². The number of hydrogen-bond donors (Lipinski definition) is 3. The van der Waals surface area contributed by atoms with Gasteiger partial charge in [0.1, 0.15) is 11.5 Å². The maximum absolute atomic E-state index is 12.1. The third kappa shape index (κ3) is 6.02. The van der Waals surface area contributed by atoms with Crippen molar-refractivity contribution in [2.45, 2.75) is 6.42 Å². The van der Waals surface area contributed by atoms with Gasteiger partial charge >= 0.3 is 0 Å². The summed E-state index contributed by atoms with van der Waals surface area (Å²) in [7, 11) is 3.15. The van der Waals surface area contributed by atoms with E-state index < -0.39 is 0 Å². The number of anilines is 4. The number of benzene rings is 2. The second-order valence-electron chi connectivity index (χ2n) is 6.59. The van der Waals surface area contributed by atoms with E-state index in [0.29, 0.717) is 46.6 Å². The summed E-state index contributed by atoms with van der Waals surface area (Å²) in [6, 6.07) is 12.7. The standard InChI is InChI=1S/C22H25N5O3S/c1-29-17-12-15(25-21(28)7-9-31-3)11-16(13-17)26-22-24-8-6-19(27-22)14-4-5-20(30-2)18(23)10-14/h4-6,8,10-13H,7,9,23H2,1-3H3,(H,25,28)(H,24,26,27). The first-order valence-corrected chi connectivity index (χ1v) is 10.9. The minimum atomic E-state index is -0.0519. The lowest BCUT2D eigenvalue weighted by molar-refractivity contribution is -0.115. The second-order valence-corrected chi connectivity index (χ2v) is 7.57. The van der Waals surface area contributed by atoms with Gasteiger partial charge in [0, 0.05) is 47.4 Å². The van der Waals surface area contributed by atoms with Gasteiger partial charge in [0.2, 0.25) is 11.9 Å². The van der Waals surface area contributed by atoms with E-state index in [1.807, 2.05) is 12.3 Å². The lowest BCUT2D eigenvalue weighted by atomic mass is 10.1. The normalized spacial score (nSPS) is 10.4. The zero-order chi connectivity index (χ0) is 22.2. The van der Waals surface area contributed by atoms with Crippen molar-refractivity contribution >= 4 is 40.7 Å². The van der Waals surface area contributed by atoms with E-state index in [4.69, 9.17) is 15.2 Å². The minimum absolute atomic E-state index is 0.0519. The summed E-state index contributed by atoms with van der Waals surface area (Å²) >= 11 is 1.63. The zero-order valence-electron chi connectivity index (χ0n) is 17.6. The Morgan fingerprint density at radius 2 is 1.90 bits per heavy atom. The van der Waals surface area contributed by atoms with Gasteiger partial charge in [-0.15, -0.1) is 0 Å². The molecule has 0 aliphatic heterocycles. The van der Waals surface area contributed by atoms with Crippen molar-refractivity contribution in [2.24, 2.45) is 0 Å². The Balaban J connectivity index is 1.82. The van der Waals surface area contributed by atoms with Gasteiger partial charge < -0.3 is 25.8 Å². The highest BCUT2D eigenvalue weighted by Gasteiger charge is 2.09. The molecule has 8 nitrogen and oxygen atoms in total. The van der Waals surface area contributed by atoms with Crippen LogP contribution in [0.4, 0.5) is 23.0 Å². The first-order valence-electron chi connectivity index (χ1n) is 9.54. The van der Waals surface area contributed by atoms with Crippen molar-refractivity contribution in [1.82, 2.24) is 9.97 Å². The fourth-order valence-corrected chi connectivity index (χ4v) is 3.27. The zero-order valence-corrected chi connectivity index (χ0v) is 18.5. The van der Waals surface area contributed by atoms with E-state index in [2.05, 4.69) is 20.6 Å². The average Bonchev–Trinajstić information content (AvgIpc) is 2.77. The smallest absolute Gasteiger partial charge is 0.227 e. The third-order valence-electron chi connectivity index (χ3n) is 4.40. The maximum Gasteiger partial charge on any atom is 0.227 e. The van der Waals surface area contributed by atoms with E-state index in [1.165, 1.54) is 0 Å². The molecule has 4 N–H and O–H groups in total. The number of amides is 1. The van der Waals surface area contributed by atoms with Gasteiger partial charge in [-0.1, -0.05) is 0 Å². The number of thioether (sulfide) groups is 1. The molecule has 3 aromatic rings. The molecule has 3 rings (SSSR count). The molecule has 0 saturated carbocycles. The Bertz CT molecular complexity index is 1060. The Morgan fingerprint density at radius 1 is 1.10 bits per heavy atom. The van der Waals surface area contributed by atoms with Crippen molar-refractivity contribution in [1.29, 1.82) is 0 Å². The van der Waals surface area contributed by atoms with Crippen LogP contribution in [0.15, 0.2) is 48.7 Å². The van der Waals surface area contributed by atoms with Gasteiger partial charge in [-0.2, -0.15) is 11.8 Å². The van der Waals surface area contributed by atoms with Crippen LogP contribution in [-0.4, -0.2) is 42.1 Å². The molecule has 0 aliphatic rings. The summed E-state index contributed by atoms with van der Waals surface area (Å²) < 4.78 is 10.6. The molecule has 0 atom stereocenters. The van der Waals surface area contributed by atoms with Crippen LogP contribution in [0, 0.1) is 0 Å². The number of nitrogens with zero attached hydrogens (tertiary/aromatic N) is 2. The van der Waals surface area contributed by atoms with Crippen LogP contribution >= 0.6 is 11.8 Å². The van der Waals surface area contributed by atoms with Gasteiger partial charge in [-0.3, -0.25) is 4.79 Å². The van der Waals surface area contributed by atoms with Crippen molar-refractivity contribution in [3.8, 4) is 22.8 Å². The highest BCUT2D eigenvalue weighted by Crippen LogP contribution is 2.29. The first-order chi connectivity index (χ1) is 15.0. The lowest BCUT2D eigenvalue weighted by Gasteiger charge is -2.12. The Hall–Kier alpha value is -3.46. The molecule has 162 valence electrons. The molecule has 31 heavy (non-hydrogen) atoms. The summed E-state index contributed by atoms with van der Waals surface area (Å²) in [6.07, 6.45) is 4.07. The van der Waals surface area contributed by atoms with E-state index in [1.54, 1.807) is 68.6 Å². The molecule has 1 heterocycles. The monoisotopic (exact) mass is 439 g/mol. The number of nitrogens with one attached hydrogen (secondary N) is 2. The minimum Gasteiger partial charge on any atom is -0.497 e. The van der Waals surface area contributed by atoms with E-state index in [-0.39, 0.29) is 5.91 Å². The highest BCUT2D eigenvalue weighted by atomic mass is 32.2. The van der Waals surface area contributed by atoms with Gasteiger partial charge in [0.25, 0.3) is 0 Å². The van der Waals surface area contributed by atoms with E-state index >= 15 is 0 Å². The number of carbonyl (C=O) groups excluding carboxylic acids is 1. The van der Waals surface area contributed by atoms with Gasteiger partial charge in [0.05, 0.1) is 25.6 Å². The lowest BCUT2D eigenvalue weighted by Crippen LogP contribution is -2.12. The molecule has 1 amide bonds. The summed E-state index contributed by atoms with van der Waals surface area (Å²) in [5.74, 6) is 2.32. The van der Waals surface area contributed by atoms with Gasteiger partial charge in [-0.05, 0) is 36.6 Å². The quantitative estimate of drug-likeness (QED) is 0.426. The third-order valence-corrected chi connectivity index (χ3v) is 5.01.